The lowest BCUT2D eigenvalue weighted by Gasteiger charge is -2.09. The van der Waals surface area contributed by atoms with Gasteiger partial charge >= 0.3 is 0 Å². The number of hydrogen-bond acceptors (Lipinski definition) is 2. The third-order valence-corrected chi connectivity index (χ3v) is 3.34. The predicted molar refractivity (Wildman–Crippen MR) is 84.8 cm³/mol. The van der Waals surface area contributed by atoms with Crippen molar-refractivity contribution in [2.24, 2.45) is 0 Å². The van der Waals surface area contributed by atoms with Gasteiger partial charge in [0.15, 0.2) is 4.84 Å². The Bertz CT molecular complexity index is 654. The van der Waals surface area contributed by atoms with Gasteiger partial charge in [-0.15, -0.1) is 0 Å². The second kappa shape index (κ2) is 7.29. The minimum atomic E-state index is -1.10. The van der Waals surface area contributed by atoms with Crippen molar-refractivity contribution in [2.45, 2.75) is 4.84 Å². The van der Waals surface area contributed by atoms with Crippen molar-refractivity contribution >= 4 is 45.8 Å². The van der Waals surface area contributed by atoms with Crippen LogP contribution in [0.1, 0.15) is 10.4 Å². The third kappa shape index (κ3) is 4.09. The molecule has 0 spiro atoms. The molecule has 6 heteroatoms. The van der Waals surface area contributed by atoms with Crippen LogP contribution in [0.25, 0.3) is 10.8 Å². The van der Waals surface area contributed by atoms with E-state index in [-0.39, 0.29) is 12.5 Å². The molecule has 2 rings (SSSR count). The van der Waals surface area contributed by atoms with Gasteiger partial charge in [0, 0.05) is 18.7 Å². The molecule has 2 N–H and O–H groups in total. The third-order valence-electron chi connectivity index (χ3n) is 2.94. The highest BCUT2D eigenvalue weighted by atomic mass is 35.5. The van der Waals surface area contributed by atoms with Crippen LogP contribution >= 0.6 is 23.2 Å². The van der Waals surface area contributed by atoms with Gasteiger partial charge < -0.3 is 10.6 Å². The number of alkyl halides is 2. The molecule has 0 aliphatic carbocycles. The quantitative estimate of drug-likeness (QED) is 0.655. The van der Waals surface area contributed by atoms with Gasteiger partial charge in [-0.1, -0.05) is 59.6 Å². The van der Waals surface area contributed by atoms with Gasteiger partial charge in [0.25, 0.3) is 11.8 Å². The first-order valence-corrected chi connectivity index (χ1v) is 7.28. The Kier molecular flexibility index (Phi) is 5.42. The van der Waals surface area contributed by atoms with Crippen molar-refractivity contribution in [1.82, 2.24) is 10.6 Å². The second-order valence-electron chi connectivity index (χ2n) is 4.37. The van der Waals surface area contributed by atoms with E-state index in [2.05, 4.69) is 10.6 Å². The Balaban J connectivity index is 1.95. The summed E-state index contributed by atoms with van der Waals surface area (Å²) >= 11 is 10.8. The minimum Gasteiger partial charge on any atom is -0.352 e. The first kappa shape index (κ1) is 15.6. The number of carbonyl (C=O) groups is 2. The molecular formula is C15H14Cl2N2O2. The Morgan fingerprint density at radius 1 is 0.952 bits per heavy atom. The SMILES string of the molecule is O=C(NCCNC(=O)C(Cl)Cl)c1cccc2ccccc12. The smallest absolute Gasteiger partial charge is 0.253 e. The Labute approximate surface area is 132 Å². The van der Waals surface area contributed by atoms with Crippen molar-refractivity contribution in [1.29, 1.82) is 0 Å². The fourth-order valence-electron chi connectivity index (χ4n) is 1.96. The van der Waals surface area contributed by atoms with Gasteiger partial charge in [0.05, 0.1) is 0 Å². The second-order valence-corrected chi connectivity index (χ2v) is 5.47. The summed E-state index contributed by atoms with van der Waals surface area (Å²) in [6.07, 6.45) is 0. The molecule has 0 aromatic heterocycles. The van der Waals surface area contributed by atoms with Gasteiger partial charge in [0.2, 0.25) is 0 Å². The fraction of sp³-hybridized carbons (Fsp3) is 0.200. The molecule has 21 heavy (non-hydrogen) atoms. The summed E-state index contributed by atoms with van der Waals surface area (Å²) in [7, 11) is 0. The molecular weight excluding hydrogens is 311 g/mol. The molecule has 2 amide bonds. The van der Waals surface area contributed by atoms with Gasteiger partial charge in [0.1, 0.15) is 0 Å². The number of amides is 2. The molecule has 0 atom stereocenters. The molecule has 2 aromatic carbocycles. The standard InChI is InChI=1S/C15H14Cl2N2O2/c16-13(17)15(21)19-9-8-18-14(20)12-7-3-5-10-4-1-2-6-11(10)12/h1-7,13H,8-9H2,(H,18,20)(H,19,21). The number of fused-ring (bicyclic) bond motifs is 1. The average Bonchev–Trinajstić information content (AvgIpc) is 2.50. The summed E-state index contributed by atoms with van der Waals surface area (Å²) in [6, 6.07) is 13.2. The monoisotopic (exact) mass is 324 g/mol. The maximum absolute atomic E-state index is 12.2. The van der Waals surface area contributed by atoms with Crippen LogP contribution in [0, 0.1) is 0 Å². The number of nitrogens with one attached hydrogen (secondary N) is 2. The molecule has 4 nitrogen and oxygen atoms in total. The highest BCUT2D eigenvalue weighted by Gasteiger charge is 2.11. The summed E-state index contributed by atoms with van der Waals surface area (Å²) in [4.78, 5) is 22.2. The summed E-state index contributed by atoms with van der Waals surface area (Å²) in [5.74, 6) is -0.660. The molecule has 2 aromatic rings. The lowest BCUT2D eigenvalue weighted by Crippen LogP contribution is -2.36. The Hall–Kier alpha value is -1.78. The molecule has 0 aliphatic rings. The first-order valence-electron chi connectivity index (χ1n) is 6.41. The van der Waals surface area contributed by atoms with Crippen LogP contribution in [0.4, 0.5) is 0 Å². The van der Waals surface area contributed by atoms with Crippen LogP contribution in [0.5, 0.6) is 0 Å². The van der Waals surface area contributed by atoms with Gasteiger partial charge in [-0.25, -0.2) is 0 Å². The summed E-state index contributed by atoms with van der Waals surface area (Å²) in [5.41, 5.74) is 0.604. The van der Waals surface area contributed by atoms with Crippen molar-refractivity contribution < 1.29 is 9.59 Å². The first-order chi connectivity index (χ1) is 10.1. The van der Waals surface area contributed by atoms with E-state index in [0.29, 0.717) is 12.1 Å². The molecule has 0 aliphatic heterocycles. The number of rotatable bonds is 5. The maximum Gasteiger partial charge on any atom is 0.253 e. The Morgan fingerprint density at radius 3 is 2.38 bits per heavy atom. The molecule has 0 unspecified atom stereocenters. The van der Waals surface area contributed by atoms with Gasteiger partial charge in [-0.2, -0.15) is 0 Å². The summed E-state index contributed by atoms with van der Waals surface area (Å²) in [6.45, 7) is 0.569. The van der Waals surface area contributed by atoms with Gasteiger partial charge in [-0.05, 0) is 16.8 Å². The van der Waals surface area contributed by atoms with Crippen LogP contribution in [0.15, 0.2) is 42.5 Å². The van der Waals surface area contributed by atoms with Crippen LogP contribution in [0.3, 0.4) is 0 Å². The van der Waals surface area contributed by atoms with Crippen LogP contribution < -0.4 is 10.6 Å². The van der Waals surface area contributed by atoms with Crippen LogP contribution in [-0.4, -0.2) is 29.7 Å². The number of benzene rings is 2. The molecule has 0 radical (unpaired) electrons. The van der Waals surface area contributed by atoms with Crippen molar-refractivity contribution in [3.05, 3.63) is 48.0 Å². The normalized spacial score (nSPS) is 10.6. The topological polar surface area (TPSA) is 58.2 Å². The van der Waals surface area contributed by atoms with E-state index in [0.717, 1.165) is 10.8 Å². The molecule has 110 valence electrons. The molecule has 0 saturated carbocycles. The van der Waals surface area contributed by atoms with E-state index in [9.17, 15) is 9.59 Å². The number of hydrogen-bond donors (Lipinski definition) is 2. The number of carbonyl (C=O) groups excluding carboxylic acids is 2. The van der Waals surface area contributed by atoms with E-state index in [1.165, 1.54) is 0 Å². The van der Waals surface area contributed by atoms with E-state index < -0.39 is 10.7 Å². The number of halogens is 2. The van der Waals surface area contributed by atoms with Gasteiger partial charge in [-0.3, -0.25) is 9.59 Å². The van der Waals surface area contributed by atoms with E-state index in [1.54, 1.807) is 6.07 Å². The van der Waals surface area contributed by atoms with E-state index in [1.807, 2.05) is 36.4 Å². The highest BCUT2D eigenvalue weighted by Crippen LogP contribution is 2.18. The highest BCUT2D eigenvalue weighted by molar-refractivity contribution is 6.53. The predicted octanol–water partition coefficient (Wildman–Crippen LogP) is 2.49. The summed E-state index contributed by atoms with van der Waals surface area (Å²) in [5, 5.41) is 7.15. The zero-order valence-corrected chi connectivity index (χ0v) is 12.6. The van der Waals surface area contributed by atoms with Crippen LogP contribution in [-0.2, 0) is 4.79 Å². The zero-order valence-electron chi connectivity index (χ0n) is 11.1. The fourth-order valence-corrected chi connectivity index (χ4v) is 2.11. The maximum atomic E-state index is 12.2. The molecule has 0 saturated heterocycles. The zero-order chi connectivity index (χ0) is 15.2. The largest absolute Gasteiger partial charge is 0.352 e. The lowest BCUT2D eigenvalue weighted by atomic mass is 10.0. The van der Waals surface area contributed by atoms with Crippen molar-refractivity contribution in [3.8, 4) is 0 Å². The van der Waals surface area contributed by atoms with Crippen molar-refractivity contribution in [2.75, 3.05) is 13.1 Å². The molecule has 0 bridgehead atoms. The molecule has 0 fully saturated rings. The molecule has 0 heterocycles. The van der Waals surface area contributed by atoms with Crippen LogP contribution in [0.2, 0.25) is 0 Å². The average molecular weight is 325 g/mol. The lowest BCUT2D eigenvalue weighted by molar-refractivity contribution is -0.119. The van der Waals surface area contributed by atoms with Crippen molar-refractivity contribution in [3.63, 3.8) is 0 Å². The van der Waals surface area contributed by atoms with E-state index in [4.69, 9.17) is 23.2 Å². The summed E-state index contributed by atoms with van der Waals surface area (Å²) < 4.78 is 0. The minimum absolute atomic E-state index is 0.186. The van der Waals surface area contributed by atoms with E-state index >= 15 is 0 Å². The Morgan fingerprint density at radius 2 is 1.62 bits per heavy atom.